The molecule has 0 radical (unpaired) electrons. The lowest BCUT2D eigenvalue weighted by Gasteiger charge is -2.34. The molecule has 3 amide bonds. The van der Waals surface area contributed by atoms with Crippen molar-refractivity contribution in [3.63, 3.8) is 0 Å². The van der Waals surface area contributed by atoms with Crippen LogP contribution >= 0.6 is 11.6 Å². The van der Waals surface area contributed by atoms with Crippen LogP contribution in [-0.4, -0.2) is 73.4 Å². The maximum Gasteiger partial charge on any atom is 0.411 e. The first-order valence-electron chi connectivity index (χ1n) is 15.6. The predicted octanol–water partition coefficient (Wildman–Crippen LogP) is 4.15. The van der Waals surface area contributed by atoms with Crippen LogP contribution in [0.5, 0.6) is 0 Å². The Morgan fingerprint density at radius 1 is 1.12 bits per heavy atom. The van der Waals surface area contributed by atoms with Gasteiger partial charge >= 0.3 is 6.09 Å². The van der Waals surface area contributed by atoms with Gasteiger partial charge in [-0.1, -0.05) is 23.7 Å². The molecule has 3 N–H and O–H groups in total. The van der Waals surface area contributed by atoms with Gasteiger partial charge in [0.25, 0.3) is 5.56 Å². The smallest absolute Gasteiger partial charge is 0.411 e. The van der Waals surface area contributed by atoms with Crippen molar-refractivity contribution in [2.75, 3.05) is 25.5 Å². The van der Waals surface area contributed by atoms with Crippen LogP contribution in [0.15, 0.2) is 65.7 Å². The van der Waals surface area contributed by atoms with E-state index in [0.29, 0.717) is 51.7 Å². The zero-order valence-corrected chi connectivity index (χ0v) is 26.9. The van der Waals surface area contributed by atoms with Crippen LogP contribution in [0.1, 0.15) is 49.4 Å². The van der Waals surface area contributed by atoms with Crippen LogP contribution in [0.3, 0.4) is 0 Å². The Labute approximate surface area is 280 Å². The number of piperidine rings is 1. The summed E-state index contributed by atoms with van der Waals surface area (Å²) in [6.07, 6.45) is 8.00. The third-order valence-electron chi connectivity index (χ3n) is 8.45. The zero-order valence-electron chi connectivity index (χ0n) is 26.1. The molecule has 6 rings (SSSR count). The number of tetrazole rings is 1. The van der Waals surface area contributed by atoms with E-state index >= 15 is 0 Å². The van der Waals surface area contributed by atoms with Gasteiger partial charge in [0, 0.05) is 41.4 Å². The summed E-state index contributed by atoms with van der Waals surface area (Å²) in [4.78, 5) is 52.8. The first-order chi connectivity index (χ1) is 23.3. The van der Waals surface area contributed by atoms with Gasteiger partial charge < -0.3 is 15.0 Å². The lowest BCUT2D eigenvalue weighted by molar-refractivity contribution is -0.134. The standard InChI is InChI=1S/C33H34ClN9O5/c1-48-33(47)36-25-10-6-21(7-11-25)26-17-28(38-39-31(26)45)27(15-20-3-2-14-42(18-20)32(46)22-4-5-22)37-30(44)13-8-23-16-24(34)9-12-29(23)43-19-35-40-41-43/h6-13,16-17,19-20,22,27H,2-5,14-15,18H2,1H3,(H,36,47)(H,37,44)(H,39,45)/b13-8+. The Bertz CT molecular complexity index is 1870. The molecule has 4 aromatic rings. The van der Waals surface area contributed by atoms with Crippen molar-refractivity contribution in [2.45, 2.75) is 38.1 Å². The average Bonchev–Trinajstić information content (AvgIpc) is 3.81. The predicted molar refractivity (Wildman–Crippen MR) is 177 cm³/mol. The number of nitrogens with zero attached hydrogens (tertiary/aromatic N) is 6. The van der Waals surface area contributed by atoms with Crippen molar-refractivity contribution in [3.8, 4) is 16.8 Å². The van der Waals surface area contributed by atoms with Gasteiger partial charge in [0.2, 0.25) is 11.8 Å². The highest BCUT2D eigenvalue weighted by atomic mass is 35.5. The molecule has 1 aliphatic carbocycles. The minimum Gasteiger partial charge on any atom is -0.453 e. The van der Waals surface area contributed by atoms with Gasteiger partial charge in [-0.2, -0.15) is 9.78 Å². The van der Waals surface area contributed by atoms with E-state index in [1.54, 1.807) is 54.6 Å². The van der Waals surface area contributed by atoms with Gasteiger partial charge in [-0.25, -0.2) is 9.89 Å². The highest BCUT2D eigenvalue weighted by molar-refractivity contribution is 6.30. The summed E-state index contributed by atoms with van der Waals surface area (Å²) in [6.45, 7) is 1.33. The quantitative estimate of drug-likeness (QED) is 0.209. The van der Waals surface area contributed by atoms with Gasteiger partial charge in [-0.3, -0.25) is 19.7 Å². The van der Waals surface area contributed by atoms with Gasteiger partial charge in [0.1, 0.15) is 6.33 Å². The molecular formula is C33H34ClN9O5. The SMILES string of the molecule is COC(=O)Nc1ccc(-c2cc(C(CC3CCCN(C(=O)C4CC4)C3)NC(=O)/C=C/c3cc(Cl)ccc3-n3cnnn3)n[nH]c2=O)cc1. The molecule has 1 saturated carbocycles. The Hall–Kier alpha value is -5.37. The van der Waals surface area contributed by atoms with E-state index in [2.05, 4.69) is 41.1 Å². The van der Waals surface area contributed by atoms with Crippen molar-refractivity contribution >= 4 is 41.3 Å². The second-order valence-corrected chi connectivity index (χ2v) is 12.3. The summed E-state index contributed by atoms with van der Waals surface area (Å²) in [6, 6.07) is 12.9. The van der Waals surface area contributed by atoms with Crippen LogP contribution in [0.25, 0.3) is 22.9 Å². The maximum absolute atomic E-state index is 13.5. The molecule has 2 fully saturated rings. The highest BCUT2D eigenvalue weighted by Crippen LogP contribution is 2.34. The number of nitrogens with one attached hydrogen (secondary N) is 3. The second kappa shape index (κ2) is 14.6. The van der Waals surface area contributed by atoms with Gasteiger partial charge in [0.05, 0.1) is 30.1 Å². The molecule has 0 spiro atoms. The lowest BCUT2D eigenvalue weighted by atomic mass is 9.89. The molecule has 2 aliphatic rings. The Morgan fingerprint density at radius 2 is 1.94 bits per heavy atom. The summed E-state index contributed by atoms with van der Waals surface area (Å²) in [5, 5.41) is 24.4. The number of aromatic amines is 1. The number of carbonyl (C=O) groups excluding carboxylic acids is 3. The fraction of sp³-hybridized carbons (Fsp3) is 0.333. The van der Waals surface area contributed by atoms with Crippen LogP contribution in [-0.2, 0) is 14.3 Å². The topological polar surface area (TPSA) is 177 Å². The van der Waals surface area contributed by atoms with Crippen molar-refractivity contribution in [1.82, 2.24) is 40.6 Å². The molecule has 15 heteroatoms. The number of amides is 3. The molecule has 3 heterocycles. The Morgan fingerprint density at radius 3 is 2.67 bits per heavy atom. The number of likely N-dealkylation sites (tertiary alicyclic amines) is 1. The minimum absolute atomic E-state index is 0.107. The van der Waals surface area contributed by atoms with Gasteiger partial charge in [-0.15, -0.1) is 5.10 Å². The fourth-order valence-electron chi connectivity index (χ4n) is 5.87. The molecule has 14 nitrogen and oxygen atoms in total. The van der Waals surface area contributed by atoms with Crippen LogP contribution < -0.4 is 16.2 Å². The van der Waals surface area contributed by atoms with Crippen LogP contribution in [0.2, 0.25) is 5.02 Å². The molecule has 248 valence electrons. The van der Waals surface area contributed by atoms with Crippen molar-refractivity contribution in [3.05, 3.63) is 87.6 Å². The Kier molecular flexibility index (Phi) is 9.90. The van der Waals surface area contributed by atoms with Crippen molar-refractivity contribution in [1.29, 1.82) is 0 Å². The number of halogens is 1. The number of anilines is 1. The number of carbonyl (C=O) groups is 3. The molecule has 2 unspecified atom stereocenters. The van der Waals surface area contributed by atoms with Gasteiger partial charge in [0.15, 0.2) is 0 Å². The van der Waals surface area contributed by atoms with Crippen molar-refractivity contribution < 1.29 is 19.1 Å². The first kappa shape index (κ1) is 32.6. The van der Waals surface area contributed by atoms with E-state index in [1.165, 1.54) is 24.2 Å². The lowest BCUT2D eigenvalue weighted by Crippen LogP contribution is -2.42. The number of H-pyrrole nitrogens is 1. The van der Waals surface area contributed by atoms with Crippen LogP contribution in [0.4, 0.5) is 10.5 Å². The second-order valence-electron chi connectivity index (χ2n) is 11.9. The summed E-state index contributed by atoms with van der Waals surface area (Å²) >= 11 is 6.25. The molecule has 1 aliphatic heterocycles. The van der Waals surface area contributed by atoms with E-state index in [4.69, 9.17) is 11.6 Å². The van der Waals surface area contributed by atoms with E-state index < -0.39 is 23.6 Å². The third-order valence-corrected chi connectivity index (χ3v) is 8.69. The summed E-state index contributed by atoms with van der Waals surface area (Å²) in [5.41, 5.74) is 2.75. The normalized spacial score (nSPS) is 16.8. The molecule has 2 atom stereocenters. The van der Waals surface area contributed by atoms with Gasteiger partial charge in [-0.05, 0) is 96.5 Å². The maximum atomic E-state index is 13.5. The number of benzene rings is 2. The highest BCUT2D eigenvalue weighted by Gasteiger charge is 2.36. The molecule has 1 saturated heterocycles. The molecule has 0 bridgehead atoms. The molecule has 2 aromatic carbocycles. The van der Waals surface area contributed by atoms with E-state index in [0.717, 1.165) is 32.2 Å². The number of hydrogen-bond acceptors (Lipinski definition) is 9. The molecule has 48 heavy (non-hydrogen) atoms. The minimum atomic E-state index is -0.610. The number of hydrogen-bond donors (Lipinski definition) is 3. The number of ether oxygens (including phenoxy) is 1. The number of aromatic nitrogens is 6. The average molecular weight is 672 g/mol. The first-order valence-corrected chi connectivity index (χ1v) is 16.0. The van der Waals surface area contributed by atoms with E-state index in [9.17, 15) is 19.2 Å². The summed E-state index contributed by atoms with van der Waals surface area (Å²) in [7, 11) is 1.27. The van der Waals surface area contributed by atoms with E-state index in [-0.39, 0.29) is 17.7 Å². The Balaban J connectivity index is 1.26. The van der Waals surface area contributed by atoms with Crippen LogP contribution in [0, 0.1) is 11.8 Å². The number of methoxy groups -OCH3 is 1. The molecular weight excluding hydrogens is 638 g/mol. The van der Waals surface area contributed by atoms with Crippen molar-refractivity contribution in [2.24, 2.45) is 11.8 Å². The number of rotatable bonds is 10. The zero-order chi connectivity index (χ0) is 33.6. The molecule has 2 aromatic heterocycles. The summed E-state index contributed by atoms with van der Waals surface area (Å²) in [5.74, 6) is 0.0532. The largest absolute Gasteiger partial charge is 0.453 e. The monoisotopic (exact) mass is 671 g/mol. The summed E-state index contributed by atoms with van der Waals surface area (Å²) < 4.78 is 6.11. The van der Waals surface area contributed by atoms with E-state index in [1.807, 2.05) is 4.90 Å². The third kappa shape index (κ3) is 7.94. The fourth-order valence-corrected chi connectivity index (χ4v) is 6.05.